The van der Waals surface area contributed by atoms with Gasteiger partial charge in [-0.25, -0.2) is 4.98 Å². The van der Waals surface area contributed by atoms with E-state index in [0.29, 0.717) is 18.0 Å². The molecule has 94 valence electrons. The number of fused-ring (bicyclic) bond motifs is 1. The molecule has 1 aliphatic heterocycles. The molecule has 0 bridgehead atoms. The zero-order valence-electron chi connectivity index (χ0n) is 9.51. The average molecular weight is 245 g/mol. The summed E-state index contributed by atoms with van der Waals surface area (Å²) in [4.78, 5) is 3.84. The molecule has 1 atom stereocenters. The molecule has 2 aliphatic rings. The van der Waals surface area contributed by atoms with Gasteiger partial charge in [-0.2, -0.15) is 13.2 Å². The quantitative estimate of drug-likeness (QED) is 0.820. The van der Waals surface area contributed by atoms with Gasteiger partial charge in [0.15, 0.2) is 0 Å². The molecule has 0 spiro atoms. The number of nitrogens with zero attached hydrogens (tertiary/aromatic N) is 2. The van der Waals surface area contributed by atoms with E-state index >= 15 is 0 Å². The summed E-state index contributed by atoms with van der Waals surface area (Å²) in [6, 6.07) is 0.0287. The predicted molar refractivity (Wildman–Crippen MR) is 55.4 cm³/mol. The van der Waals surface area contributed by atoms with E-state index < -0.39 is 12.0 Å². The van der Waals surface area contributed by atoms with Crippen molar-refractivity contribution in [2.24, 2.45) is 13.0 Å². The first-order valence-corrected chi connectivity index (χ1v) is 5.84. The third-order valence-electron chi connectivity index (χ3n) is 3.61. The van der Waals surface area contributed by atoms with Crippen molar-refractivity contribution >= 4 is 0 Å². The van der Waals surface area contributed by atoms with Gasteiger partial charge >= 0.3 is 6.18 Å². The number of hydrogen-bond donors (Lipinski definition) is 1. The molecule has 3 nitrogen and oxygen atoms in total. The monoisotopic (exact) mass is 245 g/mol. The van der Waals surface area contributed by atoms with Gasteiger partial charge in [-0.05, 0) is 18.8 Å². The molecule has 0 amide bonds. The fraction of sp³-hybridized carbons (Fsp3) is 0.727. The van der Waals surface area contributed by atoms with Crippen molar-refractivity contribution < 1.29 is 13.2 Å². The Kier molecular flexibility index (Phi) is 2.26. The molecule has 1 saturated carbocycles. The second-order valence-electron chi connectivity index (χ2n) is 4.84. The Balaban J connectivity index is 2.06. The lowest BCUT2D eigenvalue weighted by molar-refractivity contribution is -0.146. The number of halogens is 3. The Morgan fingerprint density at radius 1 is 1.35 bits per heavy atom. The molecule has 1 fully saturated rings. The van der Waals surface area contributed by atoms with Gasteiger partial charge < -0.3 is 9.88 Å². The van der Waals surface area contributed by atoms with E-state index in [1.807, 2.05) is 0 Å². The average Bonchev–Trinajstić information content (AvgIpc) is 3.02. The summed E-state index contributed by atoms with van der Waals surface area (Å²) in [5.74, 6) is -0.290. The van der Waals surface area contributed by atoms with E-state index in [4.69, 9.17) is 0 Å². The van der Waals surface area contributed by atoms with Crippen molar-refractivity contribution in [3.05, 3.63) is 17.2 Å². The lowest BCUT2D eigenvalue weighted by atomic mass is 10.0. The molecule has 1 aromatic rings. The van der Waals surface area contributed by atoms with Crippen molar-refractivity contribution in [1.29, 1.82) is 0 Å². The van der Waals surface area contributed by atoms with Gasteiger partial charge in [0.05, 0.1) is 11.7 Å². The smallest absolute Gasteiger partial charge is 0.327 e. The van der Waals surface area contributed by atoms with Crippen LogP contribution in [0.5, 0.6) is 0 Å². The van der Waals surface area contributed by atoms with E-state index in [9.17, 15) is 13.2 Å². The molecule has 0 saturated heterocycles. The molecule has 1 aliphatic carbocycles. The third-order valence-corrected chi connectivity index (χ3v) is 3.61. The number of alkyl halides is 3. The van der Waals surface area contributed by atoms with Crippen molar-refractivity contribution in [2.75, 3.05) is 6.54 Å². The predicted octanol–water partition coefficient (Wildman–Crippen LogP) is 2.04. The third kappa shape index (κ3) is 1.74. The van der Waals surface area contributed by atoms with Crippen LogP contribution in [-0.4, -0.2) is 16.1 Å². The van der Waals surface area contributed by atoms with Crippen LogP contribution in [0.25, 0.3) is 0 Å². The second kappa shape index (κ2) is 3.48. The van der Waals surface area contributed by atoms with E-state index in [0.717, 1.165) is 25.1 Å². The maximum absolute atomic E-state index is 12.8. The highest BCUT2D eigenvalue weighted by molar-refractivity contribution is 5.26. The van der Waals surface area contributed by atoms with Crippen LogP contribution in [0.2, 0.25) is 0 Å². The van der Waals surface area contributed by atoms with Crippen LogP contribution in [-0.2, 0) is 19.6 Å². The van der Waals surface area contributed by atoms with Gasteiger partial charge in [0, 0.05) is 25.7 Å². The molecular formula is C11H14F3N3. The summed E-state index contributed by atoms with van der Waals surface area (Å²) >= 11 is 0. The fourth-order valence-electron chi connectivity index (χ4n) is 2.61. The zero-order chi connectivity index (χ0) is 12.2. The maximum Gasteiger partial charge on any atom is 0.449 e. The van der Waals surface area contributed by atoms with E-state index in [2.05, 4.69) is 10.3 Å². The van der Waals surface area contributed by atoms with Gasteiger partial charge in [-0.3, -0.25) is 0 Å². The van der Waals surface area contributed by atoms with E-state index in [1.54, 1.807) is 0 Å². The molecule has 3 rings (SSSR count). The summed E-state index contributed by atoms with van der Waals surface area (Å²) in [6.45, 7) is 0.741. The van der Waals surface area contributed by atoms with E-state index in [1.165, 1.54) is 11.6 Å². The topological polar surface area (TPSA) is 29.9 Å². The van der Waals surface area contributed by atoms with Crippen molar-refractivity contribution in [2.45, 2.75) is 31.5 Å². The number of rotatable bonds is 1. The van der Waals surface area contributed by atoms with Crippen molar-refractivity contribution in [3.63, 3.8) is 0 Å². The van der Waals surface area contributed by atoms with Gasteiger partial charge in [0.25, 0.3) is 0 Å². The molecule has 1 N–H and O–H groups in total. The Morgan fingerprint density at radius 3 is 2.65 bits per heavy atom. The number of aromatic nitrogens is 2. The first-order chi connectivity index (χ1) is 7.98. The minimum atomic E-state index is -4.36. The number of imidazole rings is 1. The van der Waals surface area contributed by atoms with Crippen LogP contribution in [0.1, 0.15) is 36.1 Å². The summed E-state index contributed by atoms with van der Waals surface area (Å²) in [7, 11) is 1.46. The molecule has 0 aromatic carbocycles. The van der Waals surface area contributed by atoms with Crippen LogP contribution in [0.4, 0.5) is 13.2 Å². The van der Waals surface area contributed by atoms with Gasteiger partial charge in [0.1, 0.15) is 0 Å². The van der Waals surface area contributed by atoms with Crippen LogP contribution in [0.3, 0.4) is 0 Å². The number of hydrogen-bond acceptors (Lipinski definition) is 2. The molecule has 6 heteroatoms. The lowest BCUT2D eigenvalue weighted by Crippen LogP contribution is -2.31. The van der Waals surface area contributed by atoms with Crippen molar-refractivity contribution in [3.8, 4) is 0 Å². The normalized spacial score (nSPS) is 24.8. The first-order valence-electron chi connectivity index (χ1n) is 5.84. The minimum Gasteiger partial charge on any atom is -0.327 e. The molecule has 2 heterocycles. The van der Waals surface area contributed by atoms with Gasteiger partial charge in [-0.15, -0.1) is 0 Å². The highest BCUT2D eigenvalue weighted by Crippen LogP contribution is 2.44. The van der Waals surface area contributed by atoms with Gasteiger partial charge in [-0.1, -0.05) is 0 Å². The highest BCUT2D eigenvalue weighted by atomic mass is 19.4. The van der Waals surface area contributed by atoms with Gasteiger partial charge in [0.2, 0.25) is 5.82 Å². The zero-order valence-corrected chi connectivity index (χ0v) is 9.51. The van der Waals surface area contributed by atoms with Crippen LogP contribution in [0, 0.1) is 5.92 Å². The molecule has 1 unspecified atom stereocenters. The van der Waals surface area contributed by atoms with Crippen molar-refractivity contribution in [1.82, 2.24) is 14.9 Å². The first kappa shape index (κ1) is 11.1. The fourth-order valence-corrected chi connectivity index (χ4v) is 2.61. The summed E-state index contributed by atoms with van der Waals surface area (Å²) in [6.07, 6.45) is -1.55. The summed E-state index contributed by atoms with van der Waals surface area (Å²) < 4.78 is 39.5. The summed E-state index contributed by atoms with van der Waals surface area (Å²) in [5, 5.41) is 3.29. The molecule has 17 heavy (non-hydrogen) atoms. The standard InChI is InChI=1S/C11H14F3N3/c1-17-7-4-5-15-8(6-2-3-6)9(7)16-10(17)11(12,13)14/h6,8,15H,2-5H2,1H3. The molecule has 0 radical (unpaired) electrons. The van der Waals surface area contributed by atoms with E-state index in [-0.39, 0.29) is 6.04 Å². The largest absolute Gasteiger partial charge is 0.449 e. The Hall–Kier alpha value is -1.04. The Morgan fingerprint density at radius 2 is 2.06 bits per heavy atom. The number of nitrogens with one attached hydrogen (secondary N) is 1. The highest BCUT2D eigenvalue weighted by Gasteiger charge is 2.42. The minimum absolute atomic E-state index is 0.0287. The van der Waals surface area contributed by atoms with Crippen LogP contribution in [0.15, 0.2) is 0 Å². The molecule has 1 aromatic heterocycles. The maximum atomic E-state index is 12.8. The summed E-state index contributed by atoms with van der Waals surface area (Å²) in [5.41, 5.74) is 1.36. The molecular weight excluding hydrogens is 231 g/mol. The Labute approximate surface area is 97.0 Å². The lowest BCUT2D eigenvalue weighted by Gasteiger charge is -2.23. The van der Waals surface area contributed by atoms with Crippen LogP contribution >= 0.6 is 0 Å². The SMILES string of the molecule is Cn1c(C(F)(F)F)nc2c1CCNC2C1CC1. The second-order valence-corrected chi connectivity index (χ2v) is 4.84. The Bertz CT molecular complexity index is 446. The van der Waals surface area contributed by atoms with Crippen LogP contribution < -0.4 is 5.32 Å².